The number of hydrogen-bond acceptors (Lipinski definition) is 7. The Bertz CT molecular complexity index is 1430. The molecule has 2 heterocycles. The Labute approximate surface area is 207 Å². The number of hydrogen-bond donors (Lipinski definition) is 0. The Morgan fingerprint density at radius 2 is 1.77 bits per heavy atom. The van der Waals surface area contributed by atoms with Crippen molar-refractivity contribution >= 4 is 23.4 Å². The lowest BCUT2D eigenvalue weighted by atomic mass is 9.96. The molecule has 0 saturated heterocycles. The Morgan fingerprint density at radius 3 is 2.37 bits per heavy atom. The topological polar surface area (TPSA) is 79.1 Å². The highest BCUT2D eigenvalue weighted by Gasteiger charge is 2.33. The van der Waals surface area contributed by atoms with Gasteiger partial charge in [-0.05, 0) is 69.2 Å². The fourth-order valence-electron chi connectivity index (χ4n) is 3.96. The summed E-state index contributed by atoms with van der Waals surface area (Å²) in [5.74, 6) is 0.975. The highest BCUT2D eigenvalue weighted by molar-refractivity contribution is 7.07. The summed E-state index contributed by atoms with van der Waals surface area (Å²) in [6.07, 6.45) is 1.86. The predicted octanol–water partition coefficient (Wildman–Crippen LogP) is 3.59. The zero-order valence-electron chi connectivity index (χ0n) is 20.4. The minimum atomic E-state index is -0.656. The first kappa shape index (κ1) is 24.5. The lowest BCUT2D eigenvalue weighted by molar-refractivity contribution is -0.139. The molecular formula is C27H28N2O5S. The van der Waals surface area contributed by atoms with Gasteiger partial charge in [0.2, 0.25) is 0 Å². The van der Waals surface area contributed by atoms with Crippen molar-refractivity contribution in [2.45, 2.75) is 39.8 Å². The lowest BCUT2D eigenvalue weighted by Gasteiger charge is -2.25. The van der Waals surface area contributed by atoms with Gasteiger partial charge in [0.25, 0.3) is 5.56 Å². The Kier molecular flexibility index (Phi) is 7.21. The summed E-state index contributed by atoms with van der Waals surface area (Å²) in [6.45, 7) is 7.67. The van der Waals surface area contributed by atoms with Crippen LogP contribution >= 0.6 is 11.3 Å². The molecule has 0 saturated carbocycles. The van der Waals surface area contributed by atoms with Gasteiger partial charge in [0, 0.05) is 0 Å². The Balaban J connectivity index is 1.87. The number of fused-ring (bicyclic) bond motifs is 1. The fraction of sp³-hybridized carbons (Fsp3) is 0.296. The number of aromatic nitrogens is 1. The molecule has 182 valence electrons. The average molecular weight is 493 g/mol. The van der Waals surface area contributed by atoms with Crippen LogP contribution in [0.3, 0.4) is 0 Å². The molecule has 0 spiro atoms. The Hall–Kier alpha value is -3.65. The van der Waals surface area contributed by atoms with Crippen LogP contribution in [0.2, 0.25) is 0 Å². The zero-order chi connectivity index (χ0) is 25.1. The van der Waals surface area contributed by atoms with Crippen molar-refractivity contribution in [2.75, 3.05) is 13.7 Å². The molecule has 8 heteroatoms. The van der Waals surface area contributed by atoms with Gasteiger partial charge in [-0.25, -0.2) is 9.79 Å². The number of rotatable bonds is 7. The van der Waals surface area contributed by atoms with Crippen LogP contribution in [0.25, 0.3) is 6.08 Å². The van der Waals surface area contributed by atoms with Crippen LogP contribution in [0.1, 0.15) is 44.9 Å². The molecule has 0 aliphatic carbocycles. The van der Waals surface area contributed by atoms with E-state index in [0.717, 1.165) is 16.9 Å². The van der Waals surface area contributed by atoms with Crippen molar-refractivity contribution in [3.63, 3.8) is 0 Å². The molecule has 35 heavy (non-hydrogen) atoms. The first-order valence-corrected chi connectivity index (χ1v) is 12.2. The van der Waals surface area contributed by atoms with Crippen LogP contribution in [0, 0.1) is 0 Å². The van der Waals surface area contributed by atoms with E-state index >= 15 is 0 Å². The SMILES string of the molecule is CCOC(=O)C1=C(C)N=c2s/c(=C\c3ccc(OC)cc3)c(=O)n2[C@@H]1c1ccc(OC(C)C)cc1. The second-order valence-electron chi connectivity index (χ2n) is 8.31. The number of esters is 1. The maximum Gasteiger partial charge on any atom is 0.338 e. The van der Waals surface area contributed by atoms with Crippen molar-refractivity contribution in [1.82, 2.24) is 4.57 Å². The number of benzene rings is 2. The second kappa shape index (κ2) is 10.3. The average Bonchev–Trinajstić information content (AvgIpc) is 3.13. The third-order valence-corrected chi connectivity index (χ3v) is 6.48. The normalized spacial score (nSPS) is 15.6. The second-order valence-corrected chi connectivity index (χ2v) is 9.32. The molecule has 0 unspecified atom stereocenters. The van der Waals surface area contributed by atoms with Crippen LogP contribution in [0.15, 0.2) is 69.6 Å². The molecular weight excluding hydrogens is 464 g/mol. The molecule has 0 amide bonds. The zero-order valence-corrected chi connectivity index (χ0v) is 21.2. The van der Waals surface area contributed by atoms with E-state index in [9.17, 15) is 9.59 Å². The number of ether oxygens (including phenoxy) is 3. The first-order valence-electron chi connectivity index (χ1n) is 11.4. The molecule has 0 N–H and O–H groups in total. The van der Waals surface area contributed by atoms with Crippen molar-refractivity contribution in [2.24, 2.45) is 4.99 Å². The molecule has 0 fully saturated rings. The van der Waals surface area contributed by atoms with E-state index in [1.807, 2.05) is 68.5 Å². The lowest BCUT2D eigenvalue weighted by Crippen LogP contribution is -2.39. The van der Waals surface area contributed by atoms with Crippen LogP contribution in [0.4, 0.5) is 0 Å². The Morgan fingerprint density at radius 1 is 1.11 bits per heavy atom. The third kappa shape index (κ3) is 5.07. The summed E-state index contributed by atoms with van der Waals surface area (Å²) < 4.78 is 18.4. The van der Waals surface area contributed by atoms with Crippen molar-refractivity contribution in [3.05, 3.63) is 90.6 Å². The van der Waals surface area contributed by atoms with Gasteiger partial charge in [0.15, 0.2) is 4.80 Å². The van der Waals surface area contributed by atoms with Crippen molar-refractivity contribution < 1.29 is 19.0 Å². The van der Waals surface area contributed by atoms with Crippen molar-refractivity contribution in [1.29, 1.82) is 0 Å². The molecule has 1 aromatic heterocycles. The van der Waals surface area contributed by atoms with Gasteiger partial charge in [0.1, 0.15) is 11.5 Å². The smallest absolute Gasteiger partial charge is 0.338 e. The monoisotopic (exact) mass is 492 g/mol. The summed E-state index contributed by atoms with van der Waals surface area (Å²) in [7, 11) is 1.61. The predicted molar refractivity (Wildman–Crippen MR) is 136 cm³/mol. The maximum absolute atomic E-state index is 13.6. The van der Waals surface area contributed by atoms with Gasteiger partial charge in [-0.3, -0.25) is 9.36 Å². The molecule has 0 radical (unpaired) electrons. The quantitative estimate of drug-likeness (QED) is 0.471. The highest BCUT2D eigenvalue weighted by atomic mass is 32.1. The van der Waals surface area contributed by atoms with Crippen LogP contribution in [0.5, 0.6) is 11.5 Å². The summed E-state index contributed by atoms with van der Waals surface area (Å²) in [5, 5.41) is 0. The number of nitrogens with zero attached hydrogens (tertiary/aromatic N) is 2. The van der Waals surface area contributed by atoms with Crippen LogP contribution in [-0.2, 0) is 9.53 Å². The van der Waals surface area contributed by atoms with E-state index in [1.54, 1.807) is 25.5 Å². The van der Waals surface area contributed by atoms with Gasteiger partial charge in [-0.2, -0.15) is 0 Å². The van der Waals surface area contributed by atoms with Gasteiger partial charge < -0.3 is 14.2 Å². The van der Waals surface area contributed by atoms with E-state index in [-0.39, 0.29) is 18.3 Å². The van der Waals surface area contributed by atoms with Gasteiger partial charge in [-0.1, -0.05) is 35.6 Å². The third-order valence-electron chi connectivity index (χ3n) is 5.50. The number of carbonyl (C=O) groups excluding carboxylic acids is 1. The van der Waals surface area contributed by atoms with E-state index in [4.69, 9.17) is 14.2 Å². The summed E-state index contributed by atoms with van der Waals surface area (Å²) >= 11 is 1.29. The highest BCUT2D eigenvalue weighted by Crippen LogP contribution is 2.31. The number of thiazole rings is 1. The maximum atomic E-state index is 13.6. The first-order chi connectivity index (χ1) is 16.8. The summed E-state index contributed by atoms with van der Waals surface area (Å²) in [6, 6.07) is 14.2. The van der Waals surface area contributed by atoms with E-state index in [2.05, 4.69) is 4.99 Å². The van der Waals surface area contributed by atoms with Crippen LogP contribution in [-0.4, -0.2) is 30.4 Å². The molecule has 2 aromatic carbocycles. The molecule has 1 atom stereocenters. The minimum absolute atomic E-state index is 0.0358. The largest absolute Gasteiger partial charge is 0.497 e. The van der Waals surface area contributed by atoms with Gasteiger partial charge in [-0.15, -0.1) is 0 Å². The number of allylic oxidation sites excluding steroid dienone is 1. The van der Waals surface area contributed by atoms with Gasteiger partial charge in [0.05, 0.1) is 41.7 Å². The molecule has 4 rings (SSSR count). The standard InChI is InChI=1S/C27H28N2O5S/c1-6-33-26(31)23-17(4)28-27-29(24(23)19-9-13-21(14-10-19)34-16(2)3)25(30)22(35-27)15-18-7-11-20(32-5)12-8-18/h7-16,24H,6H2,1-5H3/b22-15-/t24-/m1/s1. The minimum Gasteiger partial charge on any atom is -0.497 e. The van der Waals surface area contributed by atoms with Crippen LogP contribution < -0.4 is 24.4 Å². The van der Waals surface area contributed by atoms with Crippen molar-refractivity contribution in [3.8, 4) is 11.5 Å². The molecule has 1 aliphatic rings. The van der Waals surface area contributed by atoms with E-state index in [0.29, 0.717) is 26.4 Å². The molecule has 3 aromatic rings. The summed E-state index contributed by atoms with van der Waals surface area (Å²) in [5.41, 5.74) is 2.31. The number of methoxy groups -OCH3 is 1. The van der Waals surface area contributed by atoms with E-state index in [1.165, 1.54) is 11.3 Å². The molecule has 7 nitrogen and oxygen atoms in total. The molecule has 0 bridgehead atoms. The molecule has 1 aliphatic heterocycles. The van der Waals surface area contributed by atoms with E-state index < -0.39 is 12.0 Å². The van der Waals surface area contributed by atoms with Gasteiger partial charge >= 0.3 is 5.97 Å². The number of carbonyl (C=O) groups is 1. The summed E-state index contributed by atoms with van der Waals surface area (Å²) in [4.78, 5) is 31.8. The fourth-order valence-corrected chi connectivity index (χ4v) is 5.01.